The first-order valence-electron chi connectivity index (χ1n) is 8.33. The fourth-order valence-corrected chi connectivity index (χ4v) is 2.97. The summed E-state index contributed by atoms with van der Waals surface area (Å²) in [7, 11) is 0. The van der Waals surface area contributed by atoms with Gasteiger partial charge in [-0.15, -0.1) is 0 Å². The van der Waals surface area contributed by atoms with Gasteiger partial charge in [0.15, 0.2) is 0 Å². The summed E-state index contributed by atoms with van der Waals surface area (Å²) in [5.74, 6) is -0.520. The molecule has 0 radical (unpaired) electrons. The van der Waals surface area contributed by atoms with Crippen LogP contribution in [-0.4, -0.2) is 18.4 Å². The molecule has 1 unspecified atom stereocenters. The van der Waals surface area contributed by atoms with E-state index in [4.69, 9.17) is 0 Å². The van der Waals surface area contributed by atoms with Crippen molar-refractivity contribution in [3.63, 3.8) is 0 Å². The van der Waals surface area contributed by atoms with Crippen LogP contribution in [0.3, 0.4) is 0 Å². The van der Waals surface area contributed by atoms with E-state index < -0.39 is 5.92 Å². The van der Waals surface area contributed by atoms with E-state index in [1.165, 1.54) is 5.56 Å². The van der Waals surface area contributed by atoms with Crippen molar-refractivity contribution in [2.24, 2.45) is 5.92 Å². The van der Waals surface area contributed by atoms with Gasteiger partial charge in [-0.3, -0.25) is 9.59 Å². The molecule has 2 aromatic carbocycles. The number of hydrogen-bond donors (Lipinski definition) is 1. The highest BCUT2D eigenvalue weighted by atomic mass is 16.2. The molecule has 0 saturated carbocycles. The van der Waals surface area contributed by atoms with E-state index in [0.29, 0.717) is 18.9 Å². The largest absolute Gasteiger partial charge is 0.325 e. The lowest BCUT2D eigenvalue weighted by molar-refractivity contribution is -0.129. The van der Waals surface area contributed by atoms with Gasteiger partial charge < -0.3 is 10.2 Å². The summed E-state index contributed by atoms with van der Waals surface area (Å²) in [6, 6.07) is 17.3. The van der Waals surface area contributed by atoms with Crippen LogP contribution < -0.4 is 10.2 Å². The number of para-hydroxylation sites is 1. The van der Waals surface area contributed by atoms with Gasteiger partial charge in [-0.1, -0.05) is 44.2 Å². The maximum absolute atomic E-state index is 12.5. The number of anilines is 2. The zero-order valence-corrected chi connectivity index (χ0v) is 14.0. The molecule has 1 heterocycles. The van der Waals surface area contributed by atoms with Gasteiger partial charge in [-0.25, -0.2) is 0 Å². The highest BCUT2D eigenvalue weighted by molar-refractivity contribution is 6.13. The summed E-state index contributed by atoms with van der Waals surface area (Å²) in [6.45, 7) is 4.83. The number of nitrogens with zero attached hydrogens (tertiary/aromatic N) is 1. The Kier molecular flexibility index (Phi) is 4.65. The first-order valence-corrected chi connectivity index (χ1v) is 8.33. The third-order valence-electron chi connectivity index (χ3n) is 4.43. The molecule has 0 aromatic heterocycles. The number of nitrogens with one attached hydrogen (secondary N) is 1. The van der Waals surface area contributed by atoms with E-state index in [1.807, 2.05) is 54.6 Å². The second kappa shape index (κ2) is 6.87. The smallest absolute Gasteiger partial charge is 0.239 e. The average Bonchev–Trinajstić information content (AvgIpc) is 2.98. The van der Waals surface area contributed by atoms with Crippen molar-refractivity contribution >= 4 is 23.2 Å². The molecule has 2 aromatic rings. The summed E-state index contributed by atoms with van der Waals surface area (Å²) >= 11 is 0. The number of amides is 2. The Bertz CT molecular complexity index is 723. The van der Waals surface area contributed by atoms with Crippen molar-refractivity contribution < 1.29 is 9.59 Å². The molecule has 4 nitrogen and oxygen atoms in total. The Morgan fingerprint density at radius 1 is 1.08 bits per heavy atom. The summed E-state index contributed by atoms with van der Waals surface area (Å²) in [5, 5.41) is 2.87. The van der Waals surface area contributed by atoms with Crippen molar-refractivity contribution in [1.29, 1.82) is 0 Å². The topological polar surface area (TPSA) is 49.4 Å². The second-order valence-electron chi connectivity index (χ2n) is 6.43. The van der Waals surface area contributed by atoms with Crippen LogP contribution in [0.25, 0.3) is 0 Å². The molecule has 0 bridgehead atoms. The van der Waals surface area contributed by atoms with E-state index in [0.717, 1.165) is 11.4 Å². The van der Waals surface area contributed by atoms with Crippen molar-refractivity contribution in [3.05, 3.63) is 60.2 Å². The van der Waals surface area contributed by atoms with Crippen LogP contribution in [0.15, 0.2) is 54.6 Å². The second-order valence-corrected chi connectivity index (χ2v) is 6.43. The third-order valence-corrected chi connectivity index (χ3v) is 4.43. The Morgan fingerprint density at radius 3 is 2.38 bits per heavy atom. The molecule has 1 fully saturated rings. The predicted octanol–water partition coefficient (Wildman–Crippen LogP) is 3.80. The normalized spacial score (nSPS) is 17.4. The van der Waals surface area contributed by atoms with Gasteiger partial charge >= 0.3 is 0 Å². The van der Waals surface area contributed by atoms with Crippen molar-refractivity contribution in [2.45, 2.75) is 26.2 Å². The Labute approximate surface area is 142 Å². The summed E-state index contributed by atoms with van der Waals surface area (Å²) in [6.07, 6.45) is 0.545. The quantitative estimate of drug-likeness (QED) is 0.870. The van der Waals surface area contributed by atoms with Gasteiger partial charge in [-0.05, 0) is 42.2 Å². The van der Waals surface area contributed by atoms with Gasteiger partial charge in [0, 0.05) is 17.9 Å². The van der Waals surface area contributed by atoms with Crippen LogP contribution in [-0.2, 0) is 9.59 Å². The van der Waals surface area contributed by atoms with E-state index in [-0.39, 0.29) is 11.8 Å². The third kappa shape index (κ3) is 3.32. The molecular weight excluding hydrogens is 300 g/mol. The lowest BCUT2D eigenvalue weighted by Gasteiger charge is -2.16. The predicted molar refractivity (Wildman–Crippen MR) is 96.1 cm³/mol. The SMILES string of the molecule is CC(C)c1ccc(NC(=O)C2CCN(c3ccccc3)C2=O)cc1. The first-order chi connectivity index (χ1) is 11.6. The molecule has 2 amide bonds. The molecule has 24 heavy (non-hydrogen) atoms. The van der Waals surface area contributed by atoms with Gasteiger partial charge in [0.05, 0.1) is 0 Å². The monoisotopic (exact) mass is 322 g/mol. The highest BCUT2D eigenvalue weighted by Crippen LogP contribution is 2.26. The Hall–Kier alpha value is -2.62. The van der Waals surface area contributed by atoms with Gasteiger partial charge in [-0.2, -0.15) is 0 Å². The van der Waals surface area contributed by atoms with Crippen molar-refractivity contribution in [2.75, 3.05) is 16.8 Å². The minimum absolute atomic E-state index is 0.127. The Balaban J connectivity index is 1.66. The van der Waals surface area contributed by atoms with Gasteiger partial charge in [0.2, 0.25) is 11.8 Å². The van der Waals surface area contributed by atoms with Crippen molar-refractivity contribution in [3.8, 4) is 0 Å². The molecule has 124 valence electrons. The minimum Gasteiger partial charge on any atom is -0.325 e. The molecule has 1 saturated heterocycles. The maximum Gasteiger partial charge on any atom is 0.239 e. The molecular formula is C20H22N2O2. The molecule has 1 atom stereocenters. The standard InChI is InChI=1S/C20H22N2O2/c1-14(2)15-8-10-16(11-9-15)21-19(23)18-12-13-22(20(18)24)17-6-4-3-5-7-17/h3-11,14,18H,12-13H2,1-2H3,(H,21,23). The van der Waals surface area contributed by atoms with Gasteiger partial charge in [0.1, 0.15) is 5.92 Å². The van der Waals surface area contributed by atoms with Crippen molar-refractivity contribution in [1.82, 2.24) is 0 Å². The molecule has 1 aliphatic rings. The molecule has 1 aliphatic heterocycles. The van der Waals surface area contributed by atoms with Crippen LogP contribution in [0, 0.1) is 5.92 Å². The fourth-order valence-electron chi connectivity index (χ4n) is 2.97. The summed E-state index contributed by atoms with van der Waals surface area (Å²) < 4.78 is 0. The average molecular weight is 322 g/mol. The fraction of sp³-hybridized carbons (Fsp3) is 0.300. The lowest BCUT2D eigenvalue weighted by Crippen LogP contribution is -2.33. The lowest BCUT2D eigenvalue weighted by atomic mass is 10.0. The molecule has 0 spiro atoms. The minimum atomic E-state index is -0.616. The zero-order valence-electron chi connectivity index (χ0n) is 14.0. The molecule has 1 N–H and O–H groups in total. The zero-order chi connectivity index (χ0) is 17.1. The van der Waals surface area contributed by atoms with E-state index in [2.05, 4.69) is 19.2 Å². The van der Waals surface area contributed by atoms with Crippen LogP contribution >= 0.6 is 0 Å². The number of carbonyl (C=O) groups is 2. The van der Waals surface area contributed by atoms with Gasteiger partial charge in [0.25, 0.3) is 0 Å². The maximum atomic E-state index is 12.5. The van der Waals surface area contributed by atoms with Crippen LogP contribution in [0.4, 0.5) is 11.4 Å². The van der Waals surface area contributed by atoms with E-state index >= 15 is 0 Å². The number of rotatable bonds is 4. The van der Waals surface area contributed by atoms with Crippen LogP contribution in [0.2, 0.25) is 0 Å². The number of hydrogen-bond acceptors (Lipinski definition) is 2. The summed E-state index contributed by atoms with van der Waals surface area (Å²) in [5.41, 5.74) is 2.80. The molecule has 3 rings (SSSR count). The van der Waals surface area contributed by atoms with Crippen LogP contribution in [0.1, 0.15) is 31.7 Å². The van der Waals surface area contributed by atoms with E-state index in [9.17, 15) is 9.59 Å². The van der Waals surface area contributed by atoms with E-state index in [1.54, 1.807) is 4.90 Å². The number of benzene rings is 2. The molecule has 0 aliphatic carbocycles. The number of carbonyl (C=O) groups excluding carboxylic acids is 2. The van der Waals surface area contributed by atoms with Crippen LogP contribution in [0.5, 0.6) is 0 Å². The summed E-state index contributed by atoms with van der Waals surface area (Å²) in [4.78, 5) is 26.7. The first kappa shape index (κ1) is 16.2. The Morgan fingerprint density at radius 2 is 1.75 bits per heavy atom. The highest BCUT2D eigenvalue weighted by Gasteiger charge is 2.37. The molecule has 4 heteroatoms.